The number of hydrogen-bond donors (Lipinski definition) is 3. The smallest absolute Gasteiger partial charge is 0.329 e. The van der Waals surface area contributed by atoms with Gasteiger partial charge in [0, 0.05) is 12.6 Å². The Morgan fingerprint density at radius 3 is 2.25 bits per heavy atom. The zero-order valence-electron chi connectivity index (χ0n) is 12.3. The number of piperidine rings is 3. The number of carboxylic acid groups (broad SMARTS) is 1. The molecule has 0 spiro atoms. The van der Waals surface area contributed by atoms with Gasteiger partial charge >= 0.3 is 12.0 Å². The maximum atomic E-state index is 12.1. The quantitative estimate of drug-likeness (QED) is 0.703. The molecule has 1 unspecified atom stereocenters. The van der Waals surface area contributed by atoms with Crippen molar-refractivity contribution < 1.29 is 14.7 Å². The van der Waals surface area contributed by atoms with Gasteiger partial charge in [-0.15, -0.1) is 0 Å². The summed E-state index contributed by atoms with van der Waals surface area (Å²) in [6.07, 6.45) is 3.01. The van der Waals surface area contributed by atoms with Crippen molar-refractivity contribution in [2.75, 3.05) is 19.6 Å². The van der Waals surface area contributed by atoms with Crippen molar-refractivity contribution in [3.63, 3.8) is 0 Å². The minimum Gasteiger partial charge on any atom is -0.480 e. The number of fused-ring (bicyclic) bond motifs is 3. The van der Waals surface area contributed by atoms with Crippen molar-refractivity contribution in [1.29, 1.82) is 0 Å². The lowest BCUT2D eigenvalue weighted by Crippen LogP contribution is -2.62. The molecule has 2 amide bonds. The number of aliphatic carboxylic acids is 1. The van der Waals surface area contributed by atoms with E-state index in [1.165, 1.54) is 0 Å². The second-order valence-electron chi connectivity index (χ2n) is 5.94. The van der Waals surface area contributed by atoms with Crippen LogP contribution in [0, 0.1) is 5.92 Å². The SMILES string of the molecule is CCC(CC)(NC(=O)NC1CN2CCC1CC2)C(=O)O. The van der Waals surface area contributed by atoms with Crippen LogP contribution in [0.15, 0.2) is 0 Å². The van der Waals surface area contributed by atoms with Gasteiger partial charge in [-0.3, -0.25) is 0 Å². The fourth-order valence-electron chi connectivity index (χ4n) is 3.33. The third-order valence-corrected chi connectivity index (χ3v) is 4.94. The first-order valence-corrected chi connectivity index (χ1v) is 7.55. The molecule has 0 aliphatic carbocycles. The summed E-state index contributed by atoms with van der Waals surface area (Å²) in [7, 11) is 0. The first-order chi connectivity index (χ1) is 9.50. The highest BCUT2D eigenvalue weighted by atomic mass is 16.4. The average Bonchev–Trinajstić information content (AvgIpc) is 2.45. The summed E-state index contributed by atoms with van der Waals surface area (Å²) < 4.78 is 0. The summed E-state index contributed by atoms with van der Waals surface area (Å²) in [5.41, 5.74) is -1.15. The molecule has 0 aromatic rings. The van der Waals surface area contributed by atoms with Crippen LogP contribution in [0.5, 0.6) is 0 Å². The maximum absolute atomic E-state index is 12.1. The number of carboxylic acids is 1. The molecule has 0 saturated carbocycles. The molecule has 0 aromatic heterocycles. The van der Waals surface area contributed by atoms with Crippen molar-refractivity contribution in [2.24, 2.45) is 5.92 Å². The number of hydrogen-bond acceptors (Lipinski definition) is 3. The lowest BCUT2D eigenvalue weighted by Gasteiger charge is -2.45. The normalized spacial score (nSPS) is 29.0. The van der Waals surface area contributed by atoms with Gasteiger partial charge in [-0.05, 0) is 44.7 Å². The monoisotopic (exact) mass is 283 g/mol. The third kappa shape index (κ3) is 2.90. The largest absolute Gasteiger partial charge is 0.480 e. The number of carbonyl (C=O) groups is 2. The fourth-order valence-corrected chi connectivity index (χ4v) is 3.33. The van der Waals surface area contributed by atoms with Crippen LogP contribution >= 0.6 is 0 Å². The summed E-state index contributed by atoms with van der Waals surface area (Å²) >= 11 is 0. The summed E-state index contributed by atoms with van der Waals surface area (Å²) in [5, 5.41) is 15.0. The van der Waals surface area contributed by atoms with Crippen molar-refractivity contribution in [3.8, 4) is 0 Å². The highest BCUT2D eigenvalue weighted by molar-refractivity contribution is 5.86. The Morgan fingerprint density at radius 1 is 1.25 bits per heavy atom. The van der Waals surface area contributed by atoms with Crippen LogP contribution in [0.4, 0.5) is 4.79 Å². The highest BCUT2D eigenvalue weighted by Gasteiger charge is 2.39. The van der Waals surface area contributed by atoms with E-state index in [4.69, 9.17) is 0 Å². The van der Waals surface area contributed by atoms with Crippen LogP contribution in [-0.2, 0) is 4.79 Å². The van der Waals surface area contributed by atoms with Crippen LogP contribution in [0.3, 0.4) is 0 Å². The molecule has 3 saturated heterocycles. The van der Waals surface area contributed by atoms with Gasteiger partial charge in [0.05, 0.1) is 0 Å². The van der Waals surface area contributed by atoms with E-state index in [-0.39, 0.29) is 12.1 Å². The number of amides is 2. The van der Waals surface area contributed by atoms with E-state index < -0.39 is 11.5 Å². The summed E-state index contributed by atoms with van der Waals surface area (Å²) in [4.78, 5) is 25.9. The molecule has 3 aliphatic rings. The zero-order chi connectivity index (χ0) is 14.8. The molecule has 3 fully saturated rings. The topological polar surface area (TPSA) is 81.7 Å². The van der Waals surface area contributed by atoms with E-state index >= 15 is 0 Å². The second kappa shape index (κ2) is 5.99. The third-order valence-electron chi connectivity index (χ3n) is 4.94. The molecule has 1 atom stereocenters. The Hall–Kier alpha value is -1.30. The summed E-state index contributed by atoms with van der Waals surface area (Å²) in [6, 6.07) is -0.201. The zero-order valence-corrected chi connectivity index (χ0v) is 12.3. The van der Waals surface area contributed by atoms with E-state index in [0.29, 0.717) is 18.8 Å². The number of carbonyl (C=O) groups excluding carboxylic acids is 1. The number of nitrogens with zero attached hydrogens (tertiary/aromatic N) is 1. The van der Waals surface area contributed by atoms with Crippen LogP contribution in [0.2, 0.25) is 0 Å². The highest BCUT2D eigenvalue weighted by Crippen LogP contribution is 2.27. The van der Waals surface area contributed by atoms with Crippen LogP contribution in [0.1, 0.15) is 39.5 Å². The first kappa shape index (κ1) is 15.1. The lowest BCUT2D eigenvalue weighted by atomic mass is 9.84. The van der Waals surface area contributed by atoms with Gasteiger partial charge in [0.2, 0.25) is 0 Å². The standard InChI is InChI=1S/C14H25N3O3/c1-3-14(4-2,12(18)19)16-13(20)15-11-9-17-7-5-10(11)6-8-17/h10-11H,3-9H2,1-2H3,(H,18,19)(H2,15,16,20). The fraction of sp³-hybridized carbons (Fsp3) is 0.857. The van der Waals surface area contributed by atoms with Crippen LogP contribution in [-0.4, -0.2) is 53.2 Å². The van der Waals surface area contributed by atoms with E-state index in [1.807, 2.05) is 0 Å². The van der Waals surface area contributed by atoms with Gasteiger partial charge in [0.15, 0.2) is 0 Å². The van der Waals surface area contributed by atoms with Gasteiger partial charge in [0.1, 0.15) is 5.54 Å². The number of nitrogens with one attached hydrogen (secondary N) is 2. The van der Waals surface area contributed by atoms with Crippen LogP contribution < -0.4 is 10.6 Å². The van der Waals surface area contributed by atoms with E-state index in [0.717, 1.165) is 32.5 Å². The maximum Gasteiger partial charge on any atom is 0.329 e. The first-order valence-electron chi connectivity index (χ1n) is 7.55. The van der Waals surface area contributed by atoms with E-state index in [1.54, 1.807) is 13.8 Å². The predicted octanol–water partition coefficient (Wildman–Crippen LogP) is 1.02. The predicted molar refractivity (Wildman–Crippen MR) is 75.6 cm³/mol. The minimum atomic E-state index is -1.15. The Kier molecular flexibility index (Phi) is 4.52. The van der Waals surface area contributed by atoms with E-state index in [2.05, 4.69) is 15.5 Å². The molecule has 6 heteroatoms. The molecule has 3 rings (SSSR count). The van der Waals surface area contributed by atoms with Crippen molar-refractivity contribution in [3.05, 3.63) is 0 Å². The Morgan fingerprint density at radius 2 is 1.85 bits per heavy atom. The average molecular weight is 283 g/mol. The van der Waals surface area contributed by atoms with Gasteiger partial charge in [0.25, 0.3) is 0 Å². The molecule has 20 heavy (non-hydrogen) atoms. The lowest BCUT2D eigenvalue weighted by molar-refractivity contribution is -0.144. The van der Waals surface area contributed by atoms with Gasteiger partial charge in [-0.1, -0.05) is 13.8 Å². The molecule has 0 radical (unpaired) electrons. The molecule has 3 N–H and O–H groups in total. The molecule has 6 nitrogen and oxygen atoms in total. The Labute approximate surface area is 119 Å². The minimum absolute atomic E-state index is 0.151. The Balaban J connectivity index is 1.93. The van der Waals surface area contributed by atoms with Crippen molar-refractivity contribution in [2.45, 2.75) is 51.1 Å². The van der Waals surface area contributed by atoms with Gasteiger partial charge in [-0.25, -0.2) is 9.59 Å². The molecular weight excluding hydrogens is 258 g/mol. The molecule has 2 bridgehead atoms. The molecule has 114 valence electrons. The van der Waals surface area contributed by atoms with E-state index in [9.17, 15) is 14.7 Å². The number of rotatable bonds is 5. The molecular formula is C14H25N3O3. The second-order valence-corrected chi connectivity index (χ2v) is 5.94. The Bertz CT molecular complexity index is 374. The summed E-state index contributed by atoms with van der Waals surface area (Å²) in [6.45, 7) is 6.69. The molecule has 3 aliphatic heterocycles. The van der Waals surface area contributed by atoms with Crippen LogP contribution in [0.25, 0.3) is 0 Å². The van der Waals surface area contributed by atoms with Gasteiger partial charge < -0.3 is 20.6 Å². The van der Waals surface area contributed by atoms with Gasteiger partial charge in [-0.2, -0.15) is 0 Å². The van der Waals surface area contributed by atoms with Crippen molar-refractivity contribution >= 4 is 12.0 Å². The molecule has 0 aromatic carbocycles. The number of urea groups is 1. The molecule has 3 heterocycles. The summed E-state index contributed by atoms with van der Waals surface area (Å²) in [5.74, 6) is -0.431. The van der Waals surface area contributed by atoms with Crippen molar-refractivity contribution in [1.82, 2.24) is 15.5 Å².